The Bertz CT molecular complexity index is 969. The zero-order valence-corrected chi connectivity index (χ0v) is 17.7. The molecule has 2 heterocycles. The fourth-order valence-corrected chi connectivity index (χ4v) is 3.18. The summed E-state index contributed by atoms with van der Waals surface area (Å²) in [6.07, 6.45) is -4.38. The first-order valence-electron chi connectivity index (χ1n) is 9.74. The van der Waals surface area contributed by atoms with Crippen molar-refractivity contribution in [2.45, 2.75) is 51.3 Å². The maximum atomic E-state index is 12.7. The van der Waals surface area contributed by atoms with E-state index in [9.17, 15) is 22.8 Å². The predicted octanol–water partition coefficient (Wildman–Crippen LogP) is 3.37. The molecule has 1 aliphatic heterocycles. The largest absolute Gasteiger partial charge is 0.476 e. The third-order valence-corrected chi connectivity index (χ3v) is 4.70. The van der Waals surface area contributed by atoms with Crippen LogP contribution >= 0.6 is 0 Å². The maximum Gasteiger partial charge on any atom is 0.416 e. The van der Waals surface area contributed by atoms with E-state index in [-0.39, 0.29) is 25.4 Å². The molecule has 0 spiro atoms. The molecule has 1 N–H and O–H groups in total. The number of rotatable bonds is 5. The highest BCUT2D eigenvalue weighted by Gasteiger charge is 2.40. The SMILES string of the molecule is CC(C)(C)OC(=O)N1C[C@@H](n2cc(C(=O)O)nn2)[C@H](OCc2ccc(C(F)(F)F)cc2)C1. The number of halogens is 3. The summed E-state index contributed by atoms with van der Waals surface area (Å²) >= 11 is 0. The average molecular weight is 456 g/mol. The van der Waals surface area contributed by atoms with Crippen molar-refractivity contribution in [2.75, 3.05) is 13.1 Å². The summed E-state index contributed by atoms with van der Waals surface area (Å²) in [6.45, 7) is 5.44. The van der Waals surface area contributed by atoms with Crippen LogP contribution in [0.1, 0.15) is 48.4 Å². The molecule has 2 aromatic rings. The molecule has 1 aliphatic rings. The van der Waals surface area contributed by atoms with Gasteiger partial charge in [-0.1, -0.05) is 17.3 Å². The molecule has 0 saturated carbocycles. The van der Waals surface area contributed by atoms with Gasteiger partial charge in [0.25, 0.3) is 0 Å². The molecular formula is C20H23F3N4O5. The van der Waals surface area contributed by atoms with Crippen molar-refractivity contribution in [1.82, 2.24) is 19.9 Å². The van der Waals surface area contributed by atoms with Crippen molar-refractivity contribution in [3.05, 3.63) is 47.3 Å². The number of aromatic nitrogens is 3. The van der Waals surface area contributed by atoms with Crippen LogP contribution < -0.4 is 0 Å². The summed E-state index contributed by atoms with van der Waals surface area (Å²) in [7, 11) is 0. The molecule has 174 valence electrons. The van der Waals surface area contributed by atoms with Crippen LogP contribution in [0.5, 0.6) is 0 Å². The lowest BCUT2D eigenvalue weighted by Crippen LogP contribution is -2.36. The number of likely N-dealkylation sites (tertiary alicyclic amines) is 1. The lowest BCUT2D eigenvalue weighted by molar-refractivity contribution is -0.137. The Morgan fingerprint density at radius 1 is 1.16 bits per heavy atom. The molecule has 1 amide bonds. The smallest absolute Gasteiger partial charge is 0.416 e. The molecular weight excluding hydrogens is 433 g/mol. The van der Waals surface area contributed by atoms with E-state index in [0.717, 1.165) is 12.1 Å². The molecule has 3 rings (SSSR count). The Balaban J connectivity index is 1.75. The number of carbonyl (C=O) groups excluding carboxylic acids is 1. The summed E-state index contributed by atoms with van der Waals surface area (Å²) in [5.74, 6) is -1.25. The lowest BCUT2D eigenvalue weighted by atomic mass is 10.1. The van der Waals surface area contributed by atoms with E-state index >= 15 is 0 Å². The van der Waals surface area contributed by atoms with E-state index in [2.05, 4.69) is 10.3 Å². The fraction of sp³-hybridized carbons (Fsp3) is 0.500. The molecule has 1 saturated heterocycles. The van der Waals surface area contributed by atoms with Gasteiger partial charge in [0.15, 0.2) is 5.69 Å². The molecule has 1 aromatic carbocycles. The highest BCUT2D eigenvalue weighted by Crippen LogP contribution is 2.30. The molecule has 32 heavy (non-hydrogen) atoms. The van der Waals surface area contributed by atoms with Crippen molar-refractivity contribution >= 4 is 12.1 Å². The monoisotopic (exact) mass is 456 g/mol. The highest BCUT2D eigenvalue weighted by atomic mass is 19.4. The second-order valence-corrected chi connectivity index (χ2v) is 8.39. The summed E-state index contributed by atoms with van der Waals surface area (Å²) < 4.78 is 50.8. The van der Waals surface area contributed by atoms with Crippen molar-refractivity contribution in [3.63, 3.8) is 0 Å². The topological polar surface area (TPSA) is 107 Å². The third-order valence-electron chi connectivity index (χ3n) is 4.70. The van der Waals surface area contributed by atoms with Gasteiger partial charge in [0.05, 0.1) is 37.1 Å². The Labute approximate surface area is 181 Å². The maximum absolute atomic E-state index is 12.7. The number of amides is 1. The number of alkyl halides is 3. The van der Waals surface area contributed by atoms with E-state index in [1.54, 1.807) is 20.8 Å². The quantitative estimate of drug-likeness (QED) is 0.735. The van der Waals surface area contributed by atoms with Gasteiger partial charge in [-0.15, -0.1) is 5.10 Å². The fourth-order valence-electron chi connectivity index (χ4n) is 3.18. The number of ether oxygens (including phenoxy) is 2. The molecule has 0 bridgehead atoms. The van der Waals surface area contributed by atoms with Crippen molar-refractivity contribution < 1.29 is 37.3 Å². The first-order valence-corrected chi connectivity index (χ1v) is 9.74. The third kappa shape index (κ3) is 5.75. The van der Waals surface area contributed by atoms with Gasteiger partial charge in [0.1, 0.15) is 5.60 Å². The molecule has 0 radical (unpaired) electrons. The Morgan fingerprint density at radius 3 is 2.34 bits per heavy atom. The molecule has 1 fully saturated rings. The van der Waals surface area contributed by atoms with Gasteiger partial charge in [0.2, 0.25) is 0 Å². The van der Waals surface area contributed by atoms with Crippen LogP contribution in [0.15, 0.2) is 30.5 Å². The number of aromatic carboxylic acids is 1. The Morgan fingerprint density at radius 2 is 1.81 bits per heavy atom. The van der Waals surface area contributed by atoms with Gasteiger partial charge >= 0.3 is 18.2 Å². The van der Waals surface area contributed by atoms with Gasteiger partial charge in [-0.05, 0) is 38.5 Å². The molecule has 9 nitrogen and oxygen atoms in total. The van der Waals surface area contributed by atoms with Gasteiger partial charge in [-0.2, -0.15) is 13.2 Å². The summed E-state index contributed by atoms with van der Waals surface area (Å²) in [5, 5.41) is 16.5. The van der Waals surface area contributed by atoms with Crippen LogP contribution in [-0.2, 0) is 22.3 Å². The first-order chi connectivity index (χ1) is 14.8. The molecule has 0 unspecified atom stereocenters. The number of hydrogen-bond donors (Lipinski definition) is 1. The molecule has 2 atom stereocenters. The second kappa shape index (κ2) is 8.77. The van der Waals surface area contributed by atoms with E-state index < -0.39 is 41.5 Å². The van der Waals surface area contributed by atoms with Gasteiger partial charge < -0.3 is 19.5 Å². The first kappa shape index (κ1) is 23.5. The van der Waals surface area contributed by atoms with Crippen LogP contribution in [0, 0.1) is 0 Å². The standard InChI is InChI=1S/C20H23F3N4O5/c1-19(2,3)32-18(30)26-9-15(27-8-14(17(28)29)24-25-27)16(10-26)31-11-12-4-6-13(7-5-12)20(21,22)23/h4-8,15-16H,9-11H2,1-3H3,(H,28,29)/t15-,16-/m1/s1. The van der Waals surface area contributed by atoms with Crippen LogP contribution in [-0.4, -0.2) is 61.9 Å². The van der Waals surface area contributed by atoms with E-state index in [4.69, 9.17) is 14.6 Å². The number of carboxylic acid groups (broad SMARTS) is 1. The minimum absolute atomic E-state index is 0.0120. The van der Waals surface area contributed by atoms with E-state index in [0.29, 0.717) is 5.56 Å². The molecule has 1 aromatic heterocycles. The predicted molar refractivity (Wildman–Crippen MR) is 104 cm³/mol. The van der Waals surface area contributed by atoms with Crippen molar-refractivity contribution in [3.8, 4) is 0 Å². The Kier molecular flexibility index (Phi) is 6.44. The zero-order valence-electron chi connectivity index (χ0n) is 17.7. The molecule has 0 aliphatic carbocycles. The second-order valence-electron chi connectivity index (χ2n) is 8.39. The summed E-state index contributed by atoms with van der Waals surface area (Å²) in [6, 6.07) is 4.01. The minimum atomic E-state index is -4.43. The molecule has 12 heteroatoms. The van der Waals surface area contributed by atoms with Crippen LogP contribution in [0.25, 0.3) is 0 Å². The van der Waals surface area contributed by atoms with E-state index in [1.807, 2.05) is 0 Å². The number of carboxylic acids is 1. The normalized spacial score (nSPS) is 19.2. The minimum Gasteiger partial charge on any atom is -0.476 e. The summed E-state index contributed by atoms with van der Waals surface area (Å²) in [5.41, 5.74) is -1.23. The number of benzene rings is 1. The van der Waals surface area contributed by atoms with Crippen molar-refractivity contribution in [2.24, 2.45) is 0 Å². The van der Waals surface area contributed by atoms with Crippen LogP contribution in [0.3, 0.4) is 0 Å². The van der Waals surface area contributed by atoms with Crippen molar-refractivity contribution in [1.29, 1.82) is 0 Å². The number of carbonyl (C=O) groups is 2. The van der Waals surface area contributed by atoms with Gasteiger partial charge in [-0.3, -0.25) is 0 Å². The number of hydrogen-bond acceptors (Lipinski definition) is 6. The Hall–Kier alpha value is -3.15. The van der Waals surface area contributed by atoms with Gasteiger partial charge in [0, 0.05) is 6.54 Å². The van der Waals surface area contributed by atoms with Crippen LogP contribution in [0.2, 0.25) is 0 Å². The highest BCUT2D eigenvalue weighted by molar-refractivity contribution is 5.84. The van der Waals surface area contributed by atoms with E-state index in [1.165, 1.54) is 27.9 Å². The number of nitrogens with zero attached hydrogens (tertiary/aromatic N) is 4. The zero-order chi connectivity index (χ0) is 23.7. The lowest BCUT2D eigenvalue weighted by Gasteiger charge is -2.24. The van der Waals surface area contributed by atoms with Crippen LogP contribution in [0.4, 0.5) is 18.0 Å². The van der Waals surface area contributed by atoms with Gasteiger partial charge in [-0.25, -0.2) is 14.3 Å². The summed E-state index contributed by atoms with van der Waals surface area (Å²) in [4.78, 5) is 25.1. The average Bonchev–Trinajstić information content (AvgIpc) is 3.32.